The fourth-order valence-electron chi connectivity index (χ4n) is 6.84. The third kappa shape index (κ3) is 6.41. The summed E-state index contributed by atoms with van der Waals surface area (Å²) in [5.41, 5.74) is 0.474. The molecule has 0 saturated heterocycles. The number of aliphatic hydroxyl groups excluding tert-OH is 1. The summed E-state index contributed by atoms with van der Waals surface area (Å²) in [4.78, 5) is 44.3. The lowest BCUT2D eigenvalue weighted by molar-refractivity contribution is -0.176. The molecule has 2 aliphatic rings. The molecule has 3 atom stereocenters. The highest BCUT2D eigenvalue weighted by atomic mass is 16.3. The molecule has 0 radical (unpaired) electrons. The Labute approximate surface area is 258 Å². The van der Waals surface area contributed by atoms with Gasteiger partial charge in [0.1, 0.15) is 22.5 Å². The van der Waals surface area contributed by atoms with Gasteiger partial charge < -0.3 is 10.2 Å². The van der Waals surface area contributed by atoms with E-state index in [2.05, 4.69) is 32.9 Å². The molecule has 5 heteroatoms. The van der Waals surface area contributed by atoms with E-state index in [4.69, 9.17) is 0 Å². The number of benzene rings is 1. The van der Waals surface area contributed by atoms with Crippen molar-refractivity contribution in [1.82, 2.24) is 0 Å². The highest BCUT2D eigenvalue weighted by Crippen LogP contribution is 2.65. The summed E-state index contributed by atoms with van der Waals surface area (Å²) in [5, 5.41) is 21.6. The number of carbonyl (C=O) groups is 3. The van der Waals surface area contributed by atoms with Gasteiger partial charge in [0.15, 0.2) is 17.3 Å². The van der Waals surface area contributed by atoms with Crippen molar-refractivity contribution in [3.05, 3.63) is 82.0 Å². The zero-order valence-electron chi connectivity index (χ0n) is 27.6. The minimum Gasteiger partial charge on any atom is -0.508 e. The molecule has 232 valence electrons. The molecule has 0 amide bonds. The number of rotatable bonds is 10. The number of carbonyl (C=O) groups excluding carboxylic acids is 3. The van der Waals surface area contributed by atoms with Crippen molar-refractivity contribution >= 4 is 23.1 Å². The van der Waals surface area contributed by atoms with Gasteiger partial charge in [-0.25, -0.2) is 0 Å². The number of hydrogen-bond acceptors (Lipinski definition) is 5. The van der Waals surface area contributed by atoms with Gasteiger partial charge >= 0.3 is 0 Å². The highest BCUT2D eigenvalue weighted by Gasteiger charge is 2.73. The molecule has 5 nitrogen and oxygen atoms in total. The molecule has 1 aromatic carbocycles. The van der Waals surface area contributed by atoms with Gasteiger partial charge in [0, 0.05) is 5.56 Å². The molecule has 2 fully saturated rings. The van der Waals surface area contributed by atoms with Gasteiger partial charge in [-0.1, -0.05) is 72.6 Å². The zero-order chi connectivity index (χ0) is 32.3. The van der Waals surface area contributed by atoms with Gasteiger partial charge in [-0.2, -0.15) is 0 Å². The average Bonchev–Trinajstić information content (AvgIpc) is 2.91. The van der Waals surface area contributed by atoms with Crippen LogP contribution in [0, 0.1) is 22.2 Å². The van der Waals surface area contributed by atoms with Crippen molar-refractivity contribution in [2.45, 2.75) is 101 Å². The van der Waals surface area contributed by atoms with Crippen LogP contribution in [0.25, 0.3) is 5.76 Å². The van der Waals surface area contributed by atoms with E-state index in [9.17, 15) is 24.6 Å². The summed E-state index contributed by atoms with van der Waals surface area (Å²) < 4.78 is 0. The van der Waals surface area contributed by atoms with Crippen LogP contribution in [0.15, 0.2) is 76.4 Å². The molecule has 0 spiro atoms. The van der Waals surface area contributed by atoms with Gasteiger partial charge in [-0.15, -0.1) is 0 Å². The number of phenolic OH excluding ortho intramolecular Hbond substituents is 1. The largest absolute Gasteiger partial charge is 0.508 e. The molecular weight excluding hydrogens is 536 g/mol. The molecule has 0 aliphatic heterocycles. The SMILES string of the molecule is CC(C)=CCC/C(C)=C/C[C@H]1C[C@]2(CC=C(C)C)C(=O)C(=C(O)c3cccc(O)c3)C(=O)[C@@](CC=C(C)C)(C2=O)C1(C)C. The summed E-state index contributed by atoms with van der Waals surface area (Å²) in [7, 11) is 0. The maximum atomic E-state index is 14.9. The summed E-state index contributed by atoms with van der Waals surface area (Å²) in [5.74, 6) is -2.26. The monoisotopic (exact) mass is 586 g/mol. The van der Waals surface area contributed by atoms with Crippen molar-refractivity contribution in [2.24, 2.45) is 22.2 Å². The summed E-state index contributed by atoms with van der Waals surface area (Å²) >= 11 is 0. The Morgan fingerprint density at radius 2 is 1.47 bits per heavy atom. The van der Waals surface area contributed by atoms with Gasteiger partial charge in [0.2, 0.25) is 0 Å². The van der Waals surface area contributed by atoms with Crippen molar-refractivity contribution in [2.75, 3.05) is 0 Å². The molecule has 0 unspecified atom stereocenters. The molecule has 2 N–H and O–H groups in total. The Balaban J connectivity index is 2.31. The molecule has 0 heterocycles. The standard InChI is InChI=1S/C38H50O5/c1-24(2)12-10-13-27(7)16-17-29-23-37(20-18-25(3)4)33(41)31(32(40)28-14-11-15-30(39)22-28)34(42)38(35(37)43,36(29,8)9)21-19-26(5)6/h11-12,14-16,18-19,22,29,39-40H,10,13,17,20-21,23H2,1-9H3/b27-16+,32-31?/t29-,37+,38-/m0/s1. The van der Waals surface area contributed by atoms with E-state index in [1.54, 1.807) is 12.1 Å². The zero-order valence-corrected chi connectivity index (χ0v) is 27.6. The summed E-state index contributed by atoms with van der Waals surface area (Å²) in [6.45, 7) is 18.0. The van der Waals surface area contributed by atoms with Crippen LogP contribution in [-0.2, 0) is 14.4 Å². The minimum absolute atomic E-state index is 0.0951. The smallest absolute Gasteiger partial charge is 0.184 e. The second-order valence-corrected chi connectivity index (χ2v) is 13.9. The highest BCUT2D eigenvalue weighted by molar-refractivity contribution is 6.41. The number of ketones is 3. The second kappa shape index (κ2) is 13.0. The van der Waals surface area contributed by atoms with Crippen LogP contribution in [0.5, 0.6) is 5.75 Å². The lowest BCUT2D eigenvalue weighted by Crippen LogP contribution is -2.69. The number of phenols is 1. The van der Waals surface area contributed by atoms with Crippen molar-refractivity contribution in [3.8, 4) is 5.75 Å². The lowest BCUT2D eigenvalue weighted by Gasteiger charge is -2.60. The van der Waals surface area contributed by atoms with Crippen LogP contribution < -0.4 is 0 Å². The molecule has 0 aromatic heterocycles. The maximum absolute atomic E-state index is 14.9. The fourth-order valence-corrected chi connectivity index (χ4v) is 6.84. The van der Waals surface area contributed by atoms with E-state index in [1.807, 2.05) is 53.7 Å². The number of allylic oxidation sites excluding steroid dienone is 9. The van der Waals surface area contributed by atoms with E-state index in [-0.39, 0.29) is 41.4 Å². The predicted octanol–water partition coefficient (Wildman–Crippen LogP) is 9.20. The van der Waals surface area contributed by atoms with Crippen molar-refractivity contribution < 1.29 is 24.6 Å². The molecule has 2 bridgehead atoms. The molecule has 3 rings (SSSR count). The Kier molecular flexibility index (Phi) is 10.3. The Bertz CT molecular complexity index is 1430. The summed E-state index contributed by atoms with van der Waals surface area (Å²) in [6, 6.07) is 5.89. The molecule has 2 saturated carbocycles. The average molecular weight is 587 g/mol. The van der Waals surface area contributed by atoms with Crippen LogP contribution in [-0.4, -0.2) is 27.6 Å². The van der Waals surface area contributed by atoms with Crippen LogP contribution >= 0.6 is 0 Å². The third-order valence-corrected chi connectivity index (χ3v) is 9.69. The summed E-state index contributed by atoms with van der Waals surface area (Å²) in [6.07, 6.45) is 11.4. The topological polar surface area (TPSA) is 91.7 Å². The first-order valence-corrected chi connectivity index (χ1v) is 15.4. The number of fused-ring (bicyclic) bond motifs is 2. The van der Waals surface area contributed by atoms with Crippen molar-refractivity contribution in [3.63, 3.8) is 0 Å². The quantitative estimate of drug-likeness (QED) is 0.0937. The fraction of sp³-hybridized carbons (Fsp3) is 0.500. The third-order valence-electron chi connectivity index (χ3n) is 9.69. The second-order valence-electron chi connectivity index (χ2n) is 13.9. The molecule has 2 aliphatic carbocycles. The van der Waals surface area contributed by atoms with E-state index in [0.717, 1.165) is 24.0 Å². The van der Waals surface area contributed by atoms with E-state index in [1.165, 1.54) is 23.3 Å². The first-order valence-electron chi connectivity index (χ1n) is 15.4. The number of aromatic hydroxyl groups is 1. The number of Topliss-reactive ketones (excluding diaryl/α,β-unsaturated/α-hetero) is 3. The predicted molar refractivity (Wildman–Crippen MR) is 175 cm³/mol. The molecular formula is C38H50O5. The Morgan fingerprint density at radius 3 is 2.05 bits per heavy atom. The molecule has 43 heavy (non-hydrogen) atoms. The van der Waals surface area contributed by atoms with Gasteiger partial charge in [0.05, 0.1) is 5.41 Å². The van der Waals surface area contributed by atoms with Crippen LogP contribution in [0.2, 0.25) is 0 Å². The maximum Gasteiger partial charge on any atom is 0.184 e. The first-order chi connectivity index (χ1) is 20.0. The first kappa shape index (κ1) is 34.0. The van der Waals surface area contributed by atoms with E-state index < -0.39 is 33.6 Å². The normalized spacial score (nSPS) is 26.1. The van der Waals surface area contributed by atoms with E-state index in [0.29, 0.717) is 12.8 Å². The number of aliphatic hydroxyl groups is 1. The lowest BCUT2D eigenvalue weighted by atomic mass is 9.38. The Hall–Kier alpha value is -3.47. The van der Waals surface area contributed by atoms with Gasteiger partial charge in [-0.3, -0.25) is 14.4 Å². The van der Waals surface area contributed by atoms with Crippen LogP contribution in [0.3, 0.4) is 0 Å². The van der Waals surface area contributed by atoms with Crippen molar-refractivity contribution in [1.29, 1.82) is 0 Å². The Morgan fingerprint density at radius 1 is 0.860 bits per heavy atom. The molecule has 1 aromatic rings. The number of hydrogen-bond donors (Lipinski definition) is 2. The van der Waals surface area contributed by atoms with Gasteiger partial charge in [0.25, 0.3) is 0 Å². The minimum atomic E-state index is -1.54. The van der Waals surface area contributed by atoms with Gasteiger partial charge in [-0.05, 0) is 110 Å². The van der Waals surface area contributed by atoms with Crippen LogP contribution in [0.4, 0.5) is 0 Å². The van der Waals surface area contributed by atoms with Crippen LogP contribution in [0.1, 0.15) is 106 Å². The van der Waals surface area contributed by atoms with E-state index >= 15 is 0 Å².